The molecule has 0 bridgehead atoms. The van der Waals surface area contributed by atoms with Gasteiger partial charge in [0, 0.05) is 23.8 Å². The highest BCUT2D eigenvalue weighted by Gasteiger charge is 2.33. The number of carboxylic acids is 1. The van der Waals surface area contributed by atoms with Crippen molar-refractivity contribution in [2.45, 2.75) is 24.7 Å². The number of anilines is 1. The molecule has 9 heteroatoms. The van der Waals surface area contributed by atoms with Gasteiger partial charge in [-0.05, 0) is 67.8 Å². The van der Waals surface area contributed by atoms with Crippen molar-refractivity contribution in [3.8, 4) is 0 Å². The van der Waals surface area contributed by atoms with E-state index in [4.69, 9.17) is 16.7 Å². The summed E-state index contributed by atoms with van der Waals surface area (Å²) in [5, 5.41) is 12.2. The minimum Gasteiger partial charge on any atom is -0.478 e. The number of nitrogens with one attached hydrogen (secondary N) is 1. The van der Waals surface area contributed by atoms with E-state index >= 15 is 0 Å². The molecule has 1 amide bonds. The van der Waals surface area contributed by atoms with Gasteiger partial charge in [0.2, 0.25) is 15.9 Å². The summed E-state index contributed by atoms with van der Waals surface area (Å²) in [6.45, 7) is 2.17. The molecular weight excluding hydrogens is 416 g/mol. The third kappa shape index (κ3) is 4.77. The number of halogens is 1. The number of hydrogen-bond acceptors (Lipinski definition) is 4. The molecule has 1 fully saturated rings. The Hall–Kier alpha value is -2.42. The van der Waals surface area contributed by atoms with E-state index in [2.05, 4.69) is 5.32 Å². The van der Waals surface area contributed by atoms with E-state index in [0.29, 0.717) is 35.7 Å². The van der Waals surface area contributed by atoms with Gasteiger partial charge < -0.3 is 10.4 Å². The Kier molecular flexibility index (Phi) is 6.26. The fourth-order valence-electron chi connectivity index (χ4n) is 3.24. The van der Waals surface area contributed by atoms with Crippen molar-refractivity contribution in [2.75, 3.05) is 18.4 Å². The zero-order valence-corrected chi connectivity index (χ0v) is 17.3. The van der Waals surface area contributed by atoms with Gasteiger partial charge in [-0.3, -0.25) is 4.79 Å². The quantitative estimate of drug-likeness (QED) is 0.747. The van der Waals surface area contributed by atoms with E-state index in [1.165, 1.54) is 40.7 Å². The molecule has 2 aromatic rings. The lowest BCUT2D eigenvalue weighted by Gasteiger charge is -2.31. The van der Waals surface area contributed by atoms with E-state index in [9.17, 15) is 18.0 Å². The number of carbonyl (C=O) groups is 2. The monoisotopic (exact) mass is 436 g/mol. The average Bonchev–Trinajstić information content (AvgIpc) is 2.70. The van der Waals surface area contributed by atoms with Gasteiger partial charge in [0.25, 0.3) is 0 Å². The van der Waals surface area contributed by atoms with Crippen LogP contribution in [0, 0.1) is 12.8 Å². The molecule has 0 spiro atoms. The van der Waals surface area contributed by atoms with Gasteiger partial charge in [-0.25, -0.2) is 13.2 Å². The Morgan fingerprint density at radius 3 is 2.48 bits per heavy atom. The molecule has 1 aliphatic rings. The standard InChI is InChI=1S/C20H21ClN2O5S/c1-13-11-17(8-9-18(13)21)29(27,28)23-10-2-3-15(12-23)19(24)22-16-6-4-14(5-7-16)20(25)26/h4-9,11,15H,2-3,10,12H2,1H3,(H,22,24)(H,25,26)/t15-/m1/s1. The Bertz CT molecular complexity index is 1040. The first-order chi connectivity index (χ1) is 13.7. The number of benzene rings is 2. The van der Waals surface area contributed by atoms with Crippen molar-refractivity contribution >= 4 is 39.2 Å². The fraction of sp³-hybridized carbons (Fsp3) is 0.300. The molecule has 0 unspecified atom stereocenters. The van der Waals surface area contributed by atoms with E-state index in [-0.39, 0.29) is 22.9 Å². The number of hydrogen-bond donors (Lipinski definition) is 2. The molecule has 1 atom stereocenters. The highest BCUT2D eigenvalue weighted by Crippen LogP contribution is 2.27. The maximum absolute atomic E-state index is 13.0. The molecule has 1 saturated heterocycles. The summed E-state index contributed by atoms with van der Waals surface area (Å²) in [5.41, 5.74) is 1.26. The molecule has 2 N–H and O–H groups in total. The largest absolute Gasteiger partial charge is 0.478 e. The number of piperidine rings is 1. The molecule has 154 valence electrons. The number of rotatable bonds is 5. The summed E-state index contributed by atoms with van der Waals surface area (Å²) >= 11 is 5.99. The second-order valence-electron chi connectivity index (χ2n) is 6.98. The summed E-state index contributed by atoms with van der Waals surface area (Å²) < 4.78 is 27.3. The van der Waals surface area contributed by atoms with Gasteiger partial charge in [-0.2, -0.15) is 4.31 Å². The van der Waals surface area contributed by atoms with Crippen LogP contribution in [0.3, 0.4) is 0 Å². The van der Waals surface area contributed by atoms with Crippen LogP contribution >= 0.6 is 11.6 Å². The van der Waals surface area contributed by atoms with Gasteiger partial charge in [-0.15, -0.1) is 0 Å². The molecule has 7 nitrogen and oxygen atoms in total. The van der Waals surface area contributed by atoms with Crippen LogP contribution in [0.1, 0.15) is 28.8 Å². The minimum atomic E-state index is -3.73. The normalized spacial score (nSPS) is 17.7. The van der Waals surface area contributed by atoms with Crippen LogP contribution in [0.25, 0.3) is 0 Å². The highest BCUT2D eigenvalue weighted by atomic mass is 35.5. The molecule has 0 aromatic heterocycles. The van der Waals surface area contributed by atoms with Crippen LogP contribution < -0.4 is 5.32 Å². The molecule has 29 heavy (non-hydrogen) atoms. The van der Waals surface area contributed by atoms with Gasteiger partial charge in [0.05, 0.1) is 16.4 Å². The van der Waals surface area contributed by atoms with E-state index in [0.717, 1.165) is 0 Å². The summed E-state index contributed by atoms with van der Waals surface area (Å²) in [7, 11) is -3.73. The third-order valence-corrected chi connectivity index (χ3v) is 7.21. The number of carbonyl (C=O) groups excluding carboxylic acids is 1. The molecule has 0 radical (unpaired) electrons. The number of nitrogens with zero attached hydrogens (tertiary/aromatic N) is 1. The number of sulfonamides is 1. The Morgan fingerprint density at radius 1 is 1.17 bits per heavy atom. The number of carboxylic acid groups (broad SMARTS) is 1. The Balaban J connectivity index is 1.71. The average molecular weight is 437 g/mol. The fourth-order valence-corrected chi connectivity index (χ4v) is 4.97. The molecular formula is C20H21ClN2O5S. The van der Waals surface area contributed by atoms with Crippen LogP contribution in [0.5, 0.6) is 0 Å². The van der Waals surface area contributed by atoms with Crippen molar-refractivity contribution in [3.63, 3.8) is 0 Å². The van der Waals surface area contributed by atoms with Gasteiger partial charge in [0.1, 0.15) is 0 Å². The van der Waals surface area contributed by atoms with E-state index in [1.807, 2.05) is 0 Å². The lowest BCUT2D eigenvalue weighted by Crippen LogP contribution is -2.43. The summed E-state index contributed by atoms with van der Waals surface area (Å²) in [6.07, 6.45) is 1.15. The van der Waals surface area contributed by atoms with Crippen molar-refractivity contribution in [1.82, 2.24) is 4.31 Å². The minimum absolute atomic E-state index is 0.0864. The SMILES string of the molecule is Cc1cc(S(=O)(=O)N2CCC[C@@H](C(=O)Nc3ccc(C(=O)O)cc3)C2)ccc1Cl. The molecule has 1 aliphatic heterocycles. The van der Waals surface area contributed by atoms with Crippen LogP contribution in [0.15, 0.2) is 47.4 Å². The maximum Gasteiger partial charge on any atom is 0.335 e. The maximum atomic E-state index is 13.0. The molecule has 2 aromatic carbocycles. The van der Waals surface area contributed by atoms with Crippen LogP contribution in [-0.4, -0.2) is 42.8 Å². The number of aromatic carboxylic acids is 1. The zero-order chi connectivity index (χ0) is 21.2. The topological polar surface area (TPSA) is 104 Å². The van der Waals surface area contributed by atoms with Crippen molar-refractivity contribution in [3.05, 3.63) is 58.6 Å². The van der Waals surface area contributed by atoms with Gasteiger partial charge in [-0.1, -0.05) is 11.6 Å². The predicted octanol–water partition coefficient (Wildman–Crippen LogP) is 3.39. The van der Waals surface area contributed by atoms with Crippen molar-refractivity contribution in [1.29, 1.82) is 0 Å². The second kappa shape index (κ2) is 8.52. The number of amides is 1. The Labute approximate surface area is 174 Å². The van der Waals surface area contributed by atoms with Crippen LogP contribution in [0.2, 0.25) is 5.02 Å². The van der Waals surface area contributed by atoms with Crippen molar-refractivity contribution in [2.24, 2.45) is 5.92 Å². The molecule has 3 rings (SSSR count). The summed E-state index contributed by atoms with van der Waals surface area (Å²) in [6, 6.07) is 10.4. The zero-order valence-electron chi connectivity index (χ0n) is 15.8. The lowest BCUT2D eigenvalue weighted by molar-refractivity contribution is -0.120. The first-order valence-electron chi connectivity index (χ1n) is 9.09. The summed E-state index contributed by atoms with van der Waals surface area (Å²) in [5.74, 6) is -1.83. The molecule has 0 saturated carbocycles. The van der Waals surface area contributed by atoms with Gasteiger partial charge >= 0.3 is 5.97 Å². The predicted molar refractivity (Wildman–Crippen MR) is 110 cm³/mol. The third-order valence-electron chi connectivity index (χ3n) is 4.92. The highest BCUT2D eigenvalue weighted by molar-refractivity contribution is 7.89. The smallest absolute Gasteiger partial charge is 0.335 e. The number of aryl methyl sites for hydroxylation is 1. The van der Waals surface area contributed by atoms with Crippen LogP contribution in [0.4, 0.5) is 5.69 Å². The Morgan fingerprint density at radius 2 is 1.86 bits per heavy atom. The summed E-state index contributed by atoms with van der Waals surface area (Å²) in [4.78, 5) is 23.7. The van der Waals surface area contributed by atoms with Gasteiger partial charge in [0.15, 0.2) is 0 Å². The second-order valence-corrected chi connectivity index (χ2v) is 9.33. The van der Waals surface area contributed by atoms with Crippen LogP contribution in [-0.2, 0) is 14.8 Å². The molecule has 0 aliphatic carbocycles. The first kappa shape index (κ1) is 21.3. The lowest BCUT2D eigenvalue weighted by atomic mass is 9.98. The van der Waals surface area contributed by atoms with E-state index < -0.39 is 21.9 Å². The van der Waals surface area contributed by atoms with E-state index in [1.54, 1.807) is 13.0 Å². The van der Waals surface area contributed by atoms with Crippen molar-refractivity contribution < 1.29 is 23.1 Å². The molecule has 1 heterocycles. The first-order valence-corrected chi connectivity index (χ1v) is 10.9.